The summed E-state index contributed by atoms with van der Waals surface area (Å²) in [6.45, 7) is 3.75. The lowest BCUT2D eigenvalue weighted by molar-refractivity contribution is 0.507. The minimum absolute atomic E-state index is 0.189. The van der Waals surface area contributed by atoms with E-state index in [1.807, 2.05) is 18.2 Å². The summed E-state index contributed by atoms with van der Waals surface area (Å²) in [5, 5.41) is 6.58. The Balaban J connectivity index is 1.91. The number of aryl methyl sites for hydroxylation is 1. The molecule has 2 aromatic rings. The fourth-order valence-electron chi connectivity index (χ4n) is 2.11. The Kier molecular flexibility index (Phi) is 7.68. The van der Waals surface area contributed by atoms with Crippen molar-refractivity contribution in [3.05, 3.63) is 59.3 Å². The maximum Gasteiger partial charge on any atom is 0.191 e. The summed E-state index contributed by atoms with van der Waals surface area (Å²) in [6, 6.07) is 9.07. The first-order valence-corrected chi connectivity index (χ1v) is 9.37. The summed E-state index contributed by atoms with van der Waals surface area (Å²) in [6.07, 6.45) is 4.53. The van der Waals surface area contributed by atoms with Crippen LogP contribution >= 0.6 is 11.8 Å². The fourth-order valence-corrected chi connectivity index (χ4v) is 2.42. The zero-order chi connectivity index (χ0) is 17.2. The molecule has 0 amide bonds. The van der Waals surface area contributed by atoms with E-state index in [2.05, 4.69) is 21.9 Å². The van der Waals surface area contributed by atoms with Crippen molar-refractivity contribution >= 4 is 17.7 Å². The molecule has 1 aromatic carbocycles. The van der Waals surface area contributed by atoms with E-state index in [1.165, 1.54) is 0 Å². The van der Waals surface area contributed by atoms with Gasteiger partial charge in [0.1, 0.15) is 11.6 Å². The van der Waals surface area contributed by atoms with Crippen molar-refractivity contribution in [3.63, 3.8) is 0 Å². The van der Waals surface area contributed by atoms with Gasteiger partial charge in [0.15, 0.2) is 5.96 Å². The fraction of sp³-hybridized carbons (Fsp3) is 0.389. The van der Waals surface area contributed by atoms with Crippen LogP contribution in [0.4, 0.5) is 4.39 Å². The van der Waals surface area contributed by atoms with E-state index in [1.54, 1.807) is 37.1 Å². The molecule has 6 heteroatoms. The molecule has 0 radical (unpaired) electrons. The highest BCUT2D eigenvalue weighted by Crippen LogP contribution is 2.10. The quantitative estimate of drug-likeness (QED) is 0.436. The second-order valence-corrected chi connectivity index (χ2v) is 6.41. The number of halogens is 1. The van der Waals surface area contributed by atoms with Gasteiger partial charge >= 0.3 is 0 Å². The highest BCUT2D eigenvalue weighted by atomic mass is 32.2. The second-order valence-electron chi connectivity index (χ2n) is 5.42. The maximum absolute atomic E-state index is 13.6. The van der Waals surface area contributed by atoms with E-state index in [9.17, 15) is 4.39 Å². The summed E-state index contributed by atoms with van der Waals surface area (Å²) in [4.78, 5) is 4.54. The molecule has 24 heavy (non-hydrogen) atoms. The zero-order valence-electron chi connectivity index (χ0n) is 14.1. The number of benzene rings is 1. The van der Waals surface area contributed by atoms with Crippen LogP contribution in [0.5, 0.6) is 0 Å². The SMILES string of the molecule is CSCCNC(=NCc1ccc(C)c(F)c1)NCCc1ccco1. The van der Waals surface area contributed by atoms with Gasteiger partial charge in [0, 0.05) is 25.3 Å². The van der Waals surface area contributed by atoms with Crippen molar-refractivity contribution in [2.45, 2.75) is 19.9 Å². The van der Waals surface area contributed by atoms with Crippen LogP contribution in [-0.4, -0.2) is 31.1 Å². The molecule has 1 heterocycles. The Labute approximate surface area is 146 Å². The van der Waals surface area contributed by atoms with E-state index in [0.29, 0.717) is 12.1 Å². The van der Waals surface area contributed by atoms with Crippen LogP contribution < -0.4 is 10.6 Å². The van der Waals surface area contributed by atoms with Crippen molar-refractivity contribution in [3.8, 4) is 0 Å². The number of nitrogens with one attached hydrogen (secondary N) is 2. The normalized spacial score (nSPS) is 11.5. The summed E-state index contributed by atoms with van der Waals surface area (Å²) in [5.74, 6) is 2.48. The van der Waals surface area contributed by atoms with Crippen LogP contribution in [0.15, 0.2) is 46.0 Å². The van der Waals surface area contributed by atoms with Crippen LogP contribution in [0.1, 0.15) is 16.9 Å². The predicted octanol–water partition coefficient (Wildman–Crippen LogP) is 3.37. The zero-order valence-corrected chi connectivity index (χ0v) is 15.0. The molecular formula is C18H24FN3OS. The Morgan fingerprint density at radius 3 is 2.79 bits per heavy atom. The molecule has 0 saturated heterocycles. The topological polar surface area (TPSA) is 49.6 Å². The van der Waals surface area contributed by atoms with Gasteiger partial charge in [0.2, 0.25) is 0 Å². The number of hydrogen-bond acceptors (Lipinski definition) is 3. The van der Waals surface area contributed by atoms with E-state index >= 15 is 0 Å². The van der Waals surface area contributed by atoms with Gasteiger partial charge in [-0.3, -0.25) is 0 Å². The summed E-state index contributed by atoms with van der Waals surface area (Å²) in [7, 11) is 0. The monoisotopic (exact) mass is 349 g/mol. The predicted molar refractivity (Wildman–Crippen MR) is 99.1 cm³/mol. The van der Waals surface area contributed by atoms with Crippen LogP contribution in [-0.2, 0) is 13.0 Å². The number of guanidine groups is 1. The highest BCUT2D eigenvalue weighted by Gasteiger charge is 2.02. The Hall–Kier alpha value is -1.95. The molecular weight excluding hydrogens is 325 g/mol. The number of furan rings is 1. The largest absolute Gasteiger partial charge is 0.469 e. The van der Waals surface area contributed by atoms with Crippen molar-refractivity contribution in [1.29, 1.82) is 0 Å². The van der Waals surface area contributed by atoms with Gasteiger partial charge in [-0.15, -0.1) is 0 Å². The average Bonchev–Trinajstić information content (AvgIpc) is 3.09. The minimum atomic E-state index is -0.189. The Morgan fingerprint density at radius 2 is 2.08 bits per heavy atom. The molecule has 1 aromatic heterocycles. The van der Waals surface area contributed by atoms with Crippen LogP contribution in [0.3, 0.4) is 0 Å². The van der Waals surface area contributed by atoms with Gasteiger partial charge in [0.25, 0.3) is 0 Å². The lowest BCUT2D eigenvalue weighted by atomic mass is 10.1. The van der Waals surface area contributed by atoms with Crippen LogP contribution in [0.25, 0.3) is 0 Å². The van der Waals surface area contributed by atoms with E-state index < -0.39 is 0 Å². The third kappa shape index (κ3) is 6.28. The minimum Gasteiger partial charge on any atom is -0.469 e. The van der Waals surface area contributed by atoms with Gasteiger partial charge < -0.3 is 15.1 Å². The number of thioether (sulfide) groups is 1. The molecule has 0 atom stereocenters. The Morgan fingerprint density at radius 1 is 1.25 bits per heavy atom. The first-order chi connectivity index (χ1) is 11.7. The second kappa shape index (κ2) is 10.0. The van der Waals surface area contributed by atoms with Gasteiger partial charge in [-0.1, -0.05) is 12.1 Å². The van der Waals surface area contributed by atoms with Crippen molar-refractivity contribution < 1.29 is 8.81 Å². The van der Waals surface area contributed by atoms with Crippen molar-refractivity contribution in [2.24, 2.45) is 4.99 Å². The number of rotatable bonds is 8. The summed E-state index contributed by atoms with van der Waals surface area (Å²) in [5.41, 5.74) is 1.51. The molecule has 0 aliphatic heterocycles. The standard InChI is InChI=1S/C18H24FN3OS/c1-14-5-6-15(12-17(14)19)13-22-18(21-9-11-24-2)20-8-7-16-4-3-10-23-16/h3-6,10,12H,7-9,11,13H2,1-2H3,(H2,20,21,22). The molecule has 0 fully saturated rings. The van der Waals surface area contributed by atoms with E-state index in [0.717, 1.165) is 42.5 Å². The number of nitrogens with zero attached hydrogens (tertiary/aromatic N) is 1. The smallest absolute Gasteiger partial charge is 0.191 e. The molecule has 0 spiro atoms. The van der Waals surface area contributed by atoms with Gasteiger partial charge in [0.05, 0.1) is 12.8 Å². The lowest BCUT2D eigenvalue weighted by Gasteiger charge is -2.12. The van der Waals surface area contributed by atoms with Crippen molar-refractivity contribution in [1.82, 2.24) is 10.6 Å². The summed E-state index contributed by atoms with van der Waals surface area (Å²) < 4.78 is 18.9. The van der Waals surface area contributed by atoms with Gasteiger partial charge in [-0.05, 0) is 42.5 Å². The molecule has 4 nitrogen and oxygen atoms in total. The first-order valence-electron chi connectivity index (χ1n) is 7.97. The Bertz CT molecular complexity index is 644. The number of aliphatic imine (C=N–C) groups is 1. The molecule has 0 bridgehead atoms. The maximum atomic E-state index is 13.6. The third-order valence-electron chi connectivity index (χ3n) is 3.50. The molecule has 0 saturated carbocycles. The molecule has 130 valence electrons. The molecule has 0 aliphatic rings. The molecule has 2 N–H and O–H groups in total. The third-order valence-corrected chi connectivity index (χ3v) is 4.11. The van der Waals surface area contributed by atoms with Crippen LogP contribution in [0, 0.1) is 12.7 Å². The van der Waals surface area contributed by atoms with Gasteiger partial charge in [-0.2, -0.15) is 11.8 Å². The van der Waals surface area contributed by atoms with E-state index in [-0.39, 0.29) is 5.82 Å². The van der Waals surface area contributed by atoms with Crippen molar-refractivity contribution in [2.75, 3.05) is 25.1 Å². The average molecular weight is 349 g/mol. The van der Waals surface area contributed by atoms with Gasteiger partial charge in [-0.25, -0.2) is 9.38 Å². The highest BCUT2D eigenvalue weighted by molar-refractivity contribution is 7.98. The number of hydrogen-bond donors (Lipinski definition) is 2. The van der Waals surface area contributed by atoms with E-state index in [4.69, 9.17) is 4.42 Å². The first kappa shape index (κ1) is 18.4. The molecule has 2 rings (SSSR count). The summed E-state index contributed by atoms with van der Waals surface area (Å²) >= 11 is 1.77. The van der Waals surface area contributed by atoms with Crippen LogP contribution in [0.2, 0.25) is 0 Å². The molecule has 0 aliphatic carbocycles. The molecule has 0 unspecified atom stereocenters. The lowest BCUT2D eigenvalue weighted by Crippen LogP contribution is -2.39.